The predicted octanol–water partition coefficient (Wildman–Crippen LogP) is 2.63. The quantitative estimate of drug-likeness (QED) is 0.257. The van der Waals surface area contributed by atoms with Gasteiger partial charge in [0, 0.05) is 44.2 Å². The summed E-state index contributed by atoms with van der Waals surface area (Å²) in [4.78, 5) is 29.9. The van der Waals surface area contributed by atoms with Gasteiger partial charge in [0.05, 0.1) is 18.8 Å². The largest absolute Gasteiger partial charge is 0.359 e. The molecule has 0 atom stereocenters. The summed E-state index contributed by atoms with van der Waals surface area (Å²) in [7, 11) is 1.71. The van der Waals surface area contributed by atoms with E-state index in [-0.39, 0.29) is 42.3 Å². The first-order valence-electron chi connectivity index (χ1n) is 11.1. The fraction of sp³-hybridized carbons (Fsp3) is 0.478. The van der Waals surface area contributed by atoms with Gasteiger partial charge in [-0.05, 0) is 30.5 Å². The minimum absolute atomic E-state index is 0. The van der Waals surface area contributed by atoms with Gasteiger partial charge in [-0.3, -0.25) is 14.6 Å². The number of carbonyl (C=O) groups excluding carboxylic acids is 2. The first kappa shape index (κ1) is 26.6. The van der Waals surface area contributed by atoms with Crippen LogP contribution >= 0.6 is 24.0 Å². The van der Waals surface area contributed by atoms with E-state index in [9.17, 15) is 9.59 Å². The van der Waals surface area contributed by atoms with Crippen molar-refractivity contribution in [3.05, 3.63) is 52.9 Å². The maximum Gasteiger partial charge on any atom is 0.254 e. The van der Waals surface area contributed by atoms with Gasteiger partial charge in [-0.2, -0.15) is 0 Å². The standard InChI is InChI=1S/C23H32N6O3.HI/c1-4-17(5-2)20-12-19(32-28-20)14-27-23(24-3)26-13-16-6-8-18(9-7-16)22(31)29-11-10-25-21(30)15-29;/h6-9,12,17H,4-5,10-11,13-15H2,1-3H3,(H,25,30)(H2,24,26,27);1H. The van der Waals surface area contributed by atoms with E-state index in [2.05, 4.69) is 39.9 Å². The zero-order valence-electron chi connectivity index (χ0n) is 19.4. The number of nitrogens with zero attached hydrogens (tertiary/aromatic N) is 3. The molecule has 0 spiro atoms. The Balaban J connectivity index is 0.00000385. The number of rotatable bonds is 8. The second-order valence-corrected chi connectivity index (χ2v) is 7.78. The molecule has 0 bridgehead atoms. The Morgan fingerprint density at radius 3 is 2.55 bits per heavy atom. The zero-order valence-corrected chi connectivity index (χ0v) is 21.7. The fourth-order valence-electron chi connectivity index (χ4n) is 3.65. The topological polar surface area (TPSA) is 112 Å². The van der Waals surface area contributed by atoms with Crippen LogP contribution in [-0.2, 0) is 17.9 Å². The lowest BCUT2D eigenvalue weighted by molar-refractivity contribution is -0.123. The molecule has 2 aromatic rings. The average molecular weight is 568 g/mol. The molecule has 3 N–H and O–H groups in total. The van der Waals surface area contributed by atoms with E-state index in [0.717, 1.165) is 29.9 Å². The van der Waals surface area contributed by atoms with Crippen LogP contribution in [0.1, 0.15) is 60.0 Å². The number of halogens is 1. The summed E-state index contributed by atoms with van der Waals surface area (Å²) in [6, 6.07) is 9.37. The molecule has 180 valence electrons. The number of benzene rings is 1. The third-order valence-corrected chi connectivity index (χ3v) is 5.62. The van der Waals surface area contributed by atoms with Crippen LogP contribution in [0.15, 0.2) is 39.8 Å². The van der Waals surface area contributed by atoms with E-state index in [1.54, 1.807) is 24.1 Å². The Hall–Kier alpha value is -2.63. The summed E-state index contributed by atoms with van der Waals surface area (Å²) in [6.07, 6.45) is 2.08. The number of piperazine rings is 1. The van der Waals surface area contributed by atoms with E-state index < -0.39 is 0 Å². The van der Waals surface area contributed by atoms with Gasteiger partial charge in [-0.1, -0.05) is 31.1 Å². The molecule has 0 aliphatic carbocycles. The zero-order chi connectivity index (χ0) is 22.9. The van der Waals surface area contributed by atoms with Crippen LogP contribution in [0, 0.1) is 0 Å². The van der Waals surface area contributed by atoms with Crippen LogP contribution in [0.25, 0.3) is 0 Å². The van der Waals surface area contributed by atoms with E-state index in [0.29, 0.717) is 43.6 Å². The molecule has 1 aliphatic heterocycles. The van der Waals surface area contributed by atoms with Gasteiger partial charge in [-0.25, -0.2) is 0 Å². The van der Waals surface area contributed by atoms with Gasteiger partial charge in [0.15, 0.2) is 11.7 Å². The summed E-state index contributed by atoms with van der Waals surface area (Å²) in [5, 5.41) is 13.4. The third-order valence-electron chi connectivity index (χ3n) is 5.62. The molecular weight excluding hydrogens is 535 g/mol. The highest BCUT2D eigenvalue weighted by atomic mass is 127. The fourth-order valence-corrected chi connectivity index (χ4v) is 3.65. The predicted molar refractivity (Wildman–Crippen MR) is 138 cm³/mol. The third kappa shape index (κ3) is 7.44. The minimum atomic E-state index is -0.128. The molecule has 1 saturated heterocycles. The highest BCUT2D eigenvalue weighted by molar-refractivity contribution is 14.0. The first-order valence-corrected chi connectivity index (χ1v) is 11.1. The Labute approximate surface area is 211 Å². The summed E-state index contributed by atoms with van der Waals surface area (Å²) < 4.78 is 5.44. The van der Waals surface area contributed by atoms with Gasteiger partial charge in [0.2, 0.25) is 5.91 Å². The smallest absolute Gasteiger partial charge is 0.254 e. The van der Waals surface area contributed by atoms with Crippen molar-refractivity contribution < 1.29 is 14.1 Å². The van der Waals surface area contributed by atoms with Gasteiger partial charge >= 0.3 is 0 Å². The molecule has 0 radical (unpaired) electrons. The molecule has 2 amide bonds. The molecule has 2 heterocycles. The summed E-state index contributed by atoms with van der Waals surface area (Å²) >= 11 is 0. The lowest BCUT2D eigenvalue weighted by Crippen LogP contribution is -2.49. The molecule has 33 heavy (non-hydrogen) atoms. The molecule has 1 aliphatic rings. The second kappa shape index (κ2) is 13.2. The van der Waals surface area contributed by atoms with Crippen LogP contribution in [0.3, 0.4) is 0 Å². The molecule has 1 fully saturated rings. The lowest BCUT2D eigenvalue weighted by atomic mass is 9.99. The number of amides is 2. The number of aliphatic imine (C=N–C) groups is 1. The van der Waals surface area contributed by atoms with Crippen molar-refractivity contribution >= 4 is 41.8 Å². The maximum atomic E-state index is 12.6. The summed E-state index contributed by atoms with van der Waals surface area (Å²) in [5.41, 5.74) is 2.58. The second-order valence-electron chi connectivity index (χ2n) is 7.78. The van der Waals surface area contributed by atoms with Crippen LogP contribution in [-0.4, -0.2) is 54.5 Å². The highest BCUT2D eigenvalue weighted by Gasteiger charge is 2.22. The minimum Gasteiger partial charge on any atom is -0.359 e. The molecule has 3 rings (SSSR count). The molecule has 9 nitrogen and oxygen atoms in total. The Kier molecular flexibility index (Phi) is 10.6. The number of nitrogens with one attached hydrogen (secondary N) is 3. The molecule has 0 saturated carbocycles. The van der Waals surface area contributed by atoms with E-state index in [1.165, 1.54) is 0 Å². The monoisotopic (exact) mass is 568 g/mol. The molecule has 0 unspecified atom stereocenters. The Bertz CT molecular complexity index is 940. The summed E-state index contributed by atoms with van der Waals surface area (Å²) in [6.45, 7) is 6.47. The Morgan fingerprint density at radius 2 is 1.91 bits per heavy atom. The van der Waals surface area contributed by atoms with Crippen molar-refractivity contribution in [1.82, 2.24) is 26.0 Å². The van der Waals surface area contributed by atoms with Gasteiger partial charge in [0.1, 0.15) is 0 Å². The van der Waals surface area contributed by atoms with Gasteiger partial charge < -0.3 is 25.4 Å². The number of carbonyl (C=O) groups is 2. The van der Waals surface area contributed by atoms with E-state index in [1.807, 2.05) is 18.2 Å². The first-order chi connectivity index (χ1) is 15.5. The van der Waals surface area contributed by atoms with Crippen molar-refractivity contribution in [2.24, 2.45) is 4.99 Å². The SMILES string of the molecule is CCC(CC)c1cc(CNC(=NC)NCc2ccc(C(=O)N3CCNC(=O)C3)cc2)on1.I. The molecule has 1 aromatic carbocycles. The Morgan fingerprint density at radius 1 is 1.21 bits per heavy atom. The van der Waals surface area contributed by atoms with Crippen LogP contribution < -0.4 is 16.0 Å². The summed E-state index contributed by atoms with van der Waals surface area (Å²) in [5.74, 6) is 1.58. The van der Waals surface area contributed by atoms with Crippen molar-refractivity contribution in [2.45, 2.75) is 45.7 Å². The molecule has 10 heteroatoms. The lowest BCUT2D eigenvalue weighted by Gasteiger charge is -2.26. The molecule has 1 aromatic heterocycles. The van der Waals surface area contributed by atoms with Crippen LogP contribution in [0.5, 0.6) is 0 Å². The number of aromatic nitrogens is 1. The van der Waals surface area contributed by atoms with Crippen LogP contribution in [0.4, 0.5) is 0 Å². The van der Waals surface area contributed by atoms with Gasteiger partial charge in [-0.15, -0.1) is 24.0 Å². The maximum absolute atomic E-state index is 12.6. The highest BCUT2D eigenvalue weighted by Crippen LogP contribution is 2.22. The van der Waals surface area contributed by atoms with Crippen molar-refractivity contribution in [3.63, 3.8) is 0 Å². The van der Waals surface area contributed by atoms with E-state index in [4.69, 9.17) is 4.52 Å². The van der Waals surface area contributed by atoms with Gasteiger partial charge in [0.25, 0.3) is 5.91 Å². The van der Waals surface area contributed by atoms with E-state index >= 15 is 0 Å². The van der Waals surface area contributed by atoms with Crippen molar-refractivity contribution in [1.29, 1.82) is 0 Å². The normalized spacial score (nSPS) is 14.0. The number of guanidine groups is 1. The van der Waals surface area contributed by atoms with Crippen molar-refractivity contribution in [3.8, 4) is 0 Å². The van der Waals surface area contributed by atoms with Crippen LogP contribution in [0.2, 0.25) is 0 Å². The molecular formula is C23H33IN6O3. The number of hydrogen-bond donors (Lipinski definition) is 3. The van der Waals surface area contributed by atoms with Crippen molar-refractivity contribution in [2.75, 3.05) is 26.7 Å². The number of hydrogen-bond acceptors (Lipinski definition) is 5. The average Bonchev–Trinajstić information content (AvgIpc) is 3.28.